The van der Waals surface area contributed by atoms with Crippen molar-refractivity contribution in [2.24, 2.45) is 5.92 Å². The van der Waals surface area contributed by atoms with Gasteiger partial charge in [-0.15, -0.1) is 0 Å². The van der Waals surface area contributed by atoms with E-state index in [-0.39, 0.29) is 31.4 Å². The fourth-order valence-corrected chi connectivity index (χ4v) is 3.41. The lowest BCUT2D eigenvalue weighted by Crippen LogP contribution is -2.32. The standard InChI is InChI=1S/C23H26N2O5/c1-16-8-9-20(29-2)19(12-16)25-14-18(13-22(25)27)23(28)30-15-21(26)24-11-10-17-6-4-3-5-7-17/h3-9,12,18H,10-11,13-15H2,1-2H3,(H,24,26)/t18-/m1/s1. The second kappa shape index (κ2) is 9.91. The number of aryl methyl sites for hydroxylation is 1. The fraction of sp³-hybridized carbons (Fsp3) is 0.348. The number of anilines is 1. The maximum absolute atomic E-state index is 12.5. The van der Waals surface area contributed by atoms with E-state index in [0.717, 1.165) is 11.1 Å². The zero-order valence-corrected chi connectivity index (χ0v) is 17.2. The molecule has 0 radical (unpaired) electrons. The van der Waals surface area contributed by atoms with Crippen LogP contribution < -0.4 is 15.0 Å². The van der Waals surface area contributed by atoms with Gasteiger partial charge in [-0.2, -0.15) is 0 Å². The molecule has 0 aliphatic carbocycles. The monoisotopic (exact) mass is 410 g/mol. The molecule has 1 atom stereocenters. The summed E-state index contributed by atoms with van der Waals surface area (Å²) in [5, 5.41) is 2.73. The Bertz CT molecular complexity index is 913. The first kappa shape index (κ1) is 21.4. The molecule has 0 unspecified atom stereocenters. The van der Waals surface area contributed by atoms with Gasteiger partial charge < -0.3 is 19.7 Å². The highest BCUT2D eigenvalue weighted by molar-refractivity contribution is 6.00. The van der Waals surface area contributed by atoms with Crippen LogP contribution in [0.1, 0.15) is 17.5 Å². The van der Waals surface area contributed by atoms with Gasteiger partial charge in [0.1, 0.15) is 5.75 Å². The molecule has 1 aliphatic heterocycles. The molecule has 0 aromatic heterocycles. The first-order chi connectivity index (χ1) is 14.5. The Balaban J connectivity index is 1.48. The molecule has 158 valence electrons. The van der Waals surface area contributed by atoms with Gasteiger partial charge in [0.2, 0.25) is 5.91 Å². The van der Waals surface area contributed by atoms with Gasteiger partial charge in [-0.25, -0.2) is 0 Å². The van der Waals surface area contributed by atoms with Crippen molar-refractivity contribution in [3.05, 3.63) is 59.7 Å². The summed E-state index contributed by atoms with van der Waals surface area (Å²) in [6, 6.07) is 15.3. The number of esters is 1. The molecule has 30 heavy (non-hydrogen) atoms. The number of ether oxygens (including phenoxy) is 2. The summed E-state index contributed by atoms with van der Waals surface area (Å²) in [7, 11) is 1.54. The van der Waals surface area contributed by atoms with Crippen LogP contribution in [-0.2, 0) is 25.5 Å². The third-order valence-electron chi connectivity index (χ3n) is 5.01. The van der Waals surface area contributed by atoms with Crippen molar-refractivity contribution >= 4 is 23.5 Å². The molecule has 1 saturated heterocycles. The summed E-state index contributed by atoms with van der Waals surface area (Å²) in [4.78, 5) is 38.3. The van der Waals surface area contributed by atoms with Crippen molar-refractivity contribution in [2.45, 2.75) is 19.8 Å². The third-order valence-corrected chi connectivity index (χ3v) is 5.01. The van der Waals surface area contributed by atoms with Gasteiger partial charge in [0.25, 0.3) is 5.91 Å². The van der Waals surface area contributed by atoms with Crippen molar-refractivity contribution < 1.29 is 23.9 Å². The smallest absolute Gasteiger partial charge is 0.311 e. The Morgan fingerprint density at radius 2 is 1.93 bits per heavy atom. The topological polar surface area (TPSA) is 84.9 Å². The quantitative estimate of drug-likeness (QED) is 0.675. The SMILES string of the molecule is COc1ccc(C)cc1N1C[C@H](C(=O)OCC(=O)NCCc2ccccc2)CC1=O. The first-order valence-corrected chi connectivity index (χ1v) is 9.90. The van der Waals surface area contributed by atoms with Crippen molar-refractivity contribution in [1.82, 2.24) is 5.32 Å². The minimum absolute atomic E-state index is 0.0472. The molecule has 1 aliphatic rings. The number of carbonyl (C=O) groups is 3. The number of rotatable bonds is 8. The van der Waals surface area contributed by atoms with E-state index in [1.54, 1.807) is 6.07 Å². The summed E-state index contributed by atoms with van der Waals surface area (Å²) >= 11 is 0. The van der Waals surface area contributed by atoms with Crippen LogP contribution in [0.2, 0.25) is 0 Å². The van der Waals surface area contributed by atoms with Gasteiger partial charge >= 0.3 is 5.97 Å². The molecular weight excluding hydrogens is 384 g/mol. The summed E-state index contributed by atoms with van der Waals surface area (Å²) in [5.41, 5.74) is 2.74. The second-order valence-corrected chi connectivity index (χ2v) is 7.27. The largest absolute Gasteiger partial charge is 0.495 e. The normalized spacial score (nSPS) is 15.7. The minimum Gasteiger partial charge on any atom is -0.495 e. The van der Waals surface area contributed by atoms with Gasteiger partial charge in [0, 0.05) is 19.5 Å². The average molecular weight is 410 g/mol. The van der Waals surface area contributed by atoms with Crippen LogP contribution in [0.4, 0.5) is 5.69 Å². The van der Waals surface area contributed by atoms with Gasteiger partial charge in [-0.05, 0) is 36.6 Å². The second-order valence-electron chi connectivity index (χ2n) is 7.27. The molecule has 1 heterocycles. The molecule has 0 saturated carbocycles. The maximum Gasteiger partial charge on any atom is 0.311 e. The number of hydrogen-bond acceptors (Lipinski definition) is 5. The molecule has 0 bridgehead atoms. The minimum atomic E-state index is -0.611. The van der Waals surface area contributed by atoms with Gasteiger partial charge in [-0.1, -0.05) is 36.4 Å². The Hall–Kier alpha value is -3.35. The van der Waals surface area contributed by atoms with Crippen LogP contribution >= 0.6 is 0 Å². The number of methoxy groups -OCH3 is 1. The molecule has 1 fully saturated rings. The zero-order chi connectivity index (χ0) is 21.5. The Morgan fingerprint density at radius 3 is 2.67 bits per heavy atom. The van der Waals surface area contributed by atoms with E-state index < -0.39 is 11.9 Å². The van der Waals surface area contributed by atoms with E-state index in [1.807, 2.05) is 49.4 Å². The molecule has 7 heteroatoms. The predicted molar refractivity (Wildman–Crippen MR) is 112 cm³/mol. The average Bonchev–Trinajstić information content (AvgIpc) is 3.14. The lowest BCUT2D eigenvalue weighted by atomic mass is 10.1. The fourth-order valence-electron chi connectivity index (χ4n) is 3.41. The molecule has 0 spiro atoms. The van der Waals surface area contributed by atoms with Crippen LogP contribution in [0.25, 0.3) is 0 Å². The maximum atomic E-state index is 12.5. The van der Waals surface area contributed by atoms with Crippen molar-refractivity contribution in [3.8, 4) is 5.75 Å². The van der Waals surface area contributed by atoms with Crippen molar-refractivity contribution in [3.63, 3.8) is 0 Å². The van der Waals surface area contributed by atoms with Gasteiger partial charge in [-0.3, -0.25) is 14.4 Å². The lowest BCUT2D eigenvalue weighted by molar-refractivity contribution is -0.152. The number of amides is 2. The van der Waals surface area contributed by atoms with Crippen LogP contribution in [0.3, 0.4) is 0 Å². The molecule has 3 rings (SSSR count). The van der Waals surface area contributed by atoms with Crippen molar-refractivity contribution in [2.75, 3.05) is 31.7 Å². The third kappa shape index (κ3) is 5.37. The molecule has 2 aromatic carbocycles. The number of nitrogens with one attached hydrogen (secondary N) is 1. The summed E-state index contributed by atoms with van der Waals surface area (Å²) < 4.78 is 10.5. The predicted octanol–water partition coefficient (Wildman–Crippen LogP) is 2.26. The molecule has 2 aromatic rings. The van der Waals surface area contributed by atoms with E-state index >= 15 is 0 Å². The van der Waals surface area contributed by atoms with Crippen LogP contribution in [-0.4, -0.2) is 44.6 Å². The molecule has 7 nitrogen and oxygen atoms in total. The van der Waals surface area contributed by atoms with E-state index in [2.05, 4.69) is 5.32 Å². The van der Waals surface area contributed by atoms with E-state index in [0.29, 0.717) is 24.4 Å². The zero-order valence-electron chi connectivity index (χ0n) is 17.2. The number of hydrogen-bond donors (Lipinski definition) is 1. The van der Waals surface area contributed by atoms with E-state index in [4.69, 9.17) is 9.47 Å². The summed E-state index contributed by atoms with van der Waals surface area (Å²) in [6.45, 7) is 2.23. The van der Waals surface area contributed by atoms with Gasteiger partial charge in [0.15, 0.2) is 6.61 Å². The number of nitrogens with zero attached hydrogens (tertiary/aromatic N) is 1. The highest BCUT2D eigenvalue weighted by Gasteiger charge is 2.37. The lowest BCUT2D eigenvalue weighted by Gasteiger charge is -2.20. The Morgan fingerprint density at radius 1 is 1.17 bits per heavy atom. The molecule has 2 amide bonds. The first-order valence-electron chi connectivity index (χ1n) is 9.90. The van der Waals surface area contributed by atoms with Crippen LogP contribution in [0.15, 0.2) is 48.5 Å². The van der Waals surface area contributed by atoms with E-state index in [9.17, 15) is 14.4 Å². The van der Waals surface area contributed by atoms with Crippen LogP contribution in [0, 0.1) is 12.8 Å². The molecule has 1 N–H and O–H groups in total. The number of carbonyl (C=O) groups excluding carboxylic acids is 3. The van der Waals surface area contributed by atoms with E-state index in [1.165, 1.54) is 12.0 Å². The van der Waals surface area contributed by atoms with Crippen LogP contribution in [0.5, 0.6) is 5.75 Å². The summed E-state index contributed by atoms with van der Waals surface area (Å²) in [6.07, 6.45) is 0.747. The Labute approximate surface area is 176 Å². The summed E-state index contributed by atoms with van der Waals surface area (Å²) in [5.74, 6) is -1.12. The Kier molecular flexibility index (Phi) is 7.06. The number of benzene rings is 2. The highest BCUT2D eigenvalue weighted by Crippen LogP contribution is 2.34. The molecular formula is C23H26N2O5. The van der Waals surface area contributed by atoms with Gasteiger partial charge in [0.05, 0.1) is 18.7 Å². The van der Waals surface area contributed by atoms with Crippen molar-refractivity contribution in [1.29, 1.82) is 0 Å². The highest BCUT2D eigenvalue weighted by atomic mass is 16.5.